The Balaban J connectivity index is 1.45. The largest absolute Gasteiger partial charge is 0.482 e. The van der Waals surface area contributed by atoms with Crippen molar-refractivity contribution < 1.29 is 23.8 Å². The lowest BCUT2D eigenvalue weighted by molar-refractivity contribution is -0.0834. The van der Waals surface area contributed by atoms with Crippen LogP contribution in [0.15, 0.2) is 29.8 Å². The third-order valence-corrected chi connectivity index (χ3v) is 9.40. The molecule has 1 N–H and O–H groups in total. The molecule has 9 nitrogen and oxygen atoms in total. The van der Waals surface area contributed by atoms with Crippen molar-refractivity contribution in [2.75, 3.05) is 19.6 Å². The van der Waals surface area contributed by atoms with Gasteiger partial charge in [-0.2, -0.15) is 0 Å². The Morgan fingerprint density at radius 2 is 1.56 bits per heavy atom. The predicted molar refractivity (Wildman–Crippen MR) is 165 cm³/mol. The van der Waals surface area contributed by atoms with E-state index in [0.717, 1.165) is 62.2 Å². The van der Waals surface area contributed by atoms with Crippen molar-refractivity contribution in [3.8, 4) is 5.75 Å². The molecular weight excluding hydrogens is 544 g/mol. The van der Waals surface area contributed by atoms with Gasteiger partial charge in [-0.05, 0) is 112 Å². The second-order valence-corrected chi connectivity index (χ2v) is 15.7. The van der Waals surface area contributed by atoms with Crippen LogP contribution in [0.2, 0.25) is 0 Å². The van der Waals surface area contributed by atoms with E-state index < -0.39 is 22.3 Å². The number of likely N-dealkylation sites (tertiary alicyclic amines) is 1. The Morgan fingerprint density at radius 3 is 2.16 bits per heavy atom. The normalized spacial score (nSPS) is 27.0. The molecule has 3 fully saturated rings. The van der Waals surface area contributed by atoms with Crippen LogP contribution in [0.3, 0.4) is 0 Å². The predicted octanol–water partition coefficient (Wildman–Crippen LogP) is 6.34. The second kappa shape index (κ2) is 10.4. The van der Waals surface area contributed by atoms with E-state index in [4.69, 9.17) is 14.2 Å². The molecular formula is C34H50N4O5. The number of carbonyl (C=O) groups excluding carboxylic acids is 2. The highest BCUT2D eigenvalue weighted by atomic mass is 16.6. The average molecular weight is 595 g/mol. The summed E-state index contributed by atoms with van der Waals surface area (Å²) in [6.45, 7) is 18.0. The van der Waals surface area contributed by atoms with Crippen LogP contribution in [0, 0.1) is 5.92 Å². The Hall–Kier alpha value is -2.78. The summed E-state index contributed by atoms with van der Waals surface area (Å²) in [5, 5.41) is 7.78. The number of ether oxygens (including phenoxy) is 3. The number of fused-ring (bicyclic) bond motifs is 3. The molecule has 5 aliphatic rings. The summed E-state index contributed by atoms with van der Waals surface area (Å²) < 4.78 is 19.0. The van der Waals surface area contributed by atoms with Crippen LogP contribution in [0.4, 0.5) is 9.59 Å². The van der Waals surface area contributed by atoms with Crippen LogP contribution < -0.4 is 10.1 Å². The zero-order chi connectivity index (χ0) is 30.9. The summed E-state index contributed by atoms with van der Waals surface area (Å²) in [4.78, 5) is 29.6. The van der Waals surface area contributed by atoms with Gasteiger partial charge in [-0.1, -0.05) is 12.1 Å². The first-order valence-corrected chi connectivity index (χ1v) is 16.2. The van der Waals surface area contributed by atoms with Crippen LogP contribution in [0.25, 0.3) is 5.70 Å². The van der Waals surface area contributed by atoms with E-state index in [1.807, 2.05) is 69.7 Å². The first-order chi connectivity index (χ1) is 20.1. The van der Waals surface area contributed by atoms with Gasteiger partial charge in [0.25, 0.3) is 0 Å². The van der Waals surface area contributed by atoms with Crippen molar-refractivity contribution >= 4 is 17.9 Å². The fourth-order valence-corrected chi connectivity index (χ4v) is 7.59. The molecule has 2 amide bonds. The maximum absolute atomic E-state index is 14.4. The number of benzene rings is 1. The molecule has 1 aromatic rings. The lowest BCUT2D eigenvalue weighted by Crippen LogP contribution is -2.62. The molecule has 0 bridgehead atoms. The van der Waals surface area contributed by atoms with E-state index >= 15 is 0 Å². The third kappa shape index (κ3) is 5.63. The number of nitrogens with one attached hydrogen (secondary N) is 1. The van der Waals surface area contributed by atoms with Gasteiger partial charge < -0.3 is 24.4 Å². The Labute approximate surface area is 256 Å². The topological polar surface area (TPSA) is 83.6 Å². The first-order valence-electron chi connectivity index (χ1n) is 16.2. The summed E-state index contributed by atoms with van der Waals surface area (Å²) in [5.74, 6) is 1.26. The van der Waals surface area contributed by atoms with E-state index in [1.54, 1.807) is 0 Å². The van der Waals surface area contributed by atoms with Crippen LogP contribution in [0.5, 0.6) is 5.75 Å². The summed E-state index contributed by atoms with van der Waals surface area (Å²) in [5.41, 5.74) is 0.968. The number of nitrogens with zero attached hydrogens (tertiary/aromatic N) is 3. The number of piperidine rings is 2. The van der Waals surface area contributed by atoms with Crippen molar-refractivity contribution in [1.82, 2.24) is 20.2 Å². The fourth-order valence-electron chi connectivity index (χ4n) is 7.59. The van der Waals surface area contributed by atoms with Gasteiger partial charge in [-0.15, -0.1) is 0 Å². The van der Waals surface area contributed by atoms with Gasteiger partial charge in [0.2, 0.25) is 0 Å². The van der Waals surface area contributed by atoms with E-state index in [0.29, 0.717) is 18.9 Å². The van der Waals surface area contributed by atoms with Gasteiger partial charge >= 0.3 is 12.2 Å². The zero-order valence-electron chi connectivity index (χ0n) is 27.3. The highest BCUT2D eigenvalue weighted by Crippen LogP contribution is 2.58. The summed E-state index contributed by atoms with van der Waals surface area (Å²) in [6.07, 6.45) is 4.73. The molecule has 1 aromatic carbocycles. The Bertz CT molecular complexity index is 1300. The minimum absolute atomic E-state index is 0.0170. The molecule has 6 rings (SSSR count). The molecule has 2 atom stereocenters. The maximum atomic E-state index is 14.4. The molecule has 4 heterocycles. The fraction of sp³-hybridized carbons (Fsp3) is 0.706. The van der Waals surface area contributed by atoms with Crippen molar-refractivity contribution in [3.05, 3.63) is 35.4 Å². The number of hydrogen-bond acceptors (Lipinski definition) is 7. The minimum atomic E-state index is -0.655. The Kier molecular flexibility index (Phi) is 7.32. The minimum Gasteiger partial charge on any atom is -0.482 e. The van der Waals surface area contributed by atoms with E-state index in [1.165, 1.54) is 5.57 Å². The van der Waals surface area contributed by atoms with Gasteiger partial charge in [0.1, 0.15) is 22.6 Å². The maximum Gasteiger partial charge on any atom is 0.429 e. The van der Waals surface area contributed by atoms with E-state index in [-0.39, 0.29) is 24.3 Å². The van der Waals surface area contributed by atoms with Gasteiger partial charge in [0.15, 0.2) is 0 Å². The molecule has 2 unspecified atom stereocenters. The number of amides is 2. The second-order valence-electron chi connectivity index (χ2n) is 15.7. The molecule has 0 aromatic heterocycles. The van der Waals surface area contributed by atoms with Crippen molar-refractivity contribution in [2.45, 2.75) is 128 Å². The van der Waals surface area contributed by atoms with E-state index in [9.17, 15) is 9.59 Å². The first kappa shape index (κ1) is 30.3. The van der Waals surface area contributed by atoms with Crippen molar-refractivity contribution in [1.29, 1.82) is 0 Å². The van der Waals surface area contributed by atoms with E-state index in [2.05, 4.69) is 30.2 Å². The lowest BCUT2D eigenvalue weighted by Gasteiger charge is -2.50. The molecule has 2 saturated heterocycles. The van der Waals surface area contributed by atoms with Crippen molar-refractivity contribution in [3.63, 3.8) is 0 Å². The number of hydrogen-bond donors (Lipinski definition) is 1. The standard InChI is InChI=1S/C34H50N4O5/c1-31(2,3)42-29(39)36-20-15-23(21-33(36,7)8)37-27(22-13-14-22)26-28(38(37)30(40)43-32(4,5)6)24-11-9-10-12-25(24)41-34(26)16-18-35-19-17-34/h9-12,22-23,27,35H,13-21H2,1-8H3. The number of hydrazine groups is 1. The van der Waals surface area contributed by atoms with Crippen LogP contribution in [-0.2, 0) is 9.47 Å². The van der Waals surface area contributed by atoms with Gasteiger partial charge in [0, 0.05) is 42.1 Å². The molecule has 236 valence electrons. The molecule has 9 heteroatoms. The van der Waals surface area contributed by atoms with Crippen LogP contribution in [0.1, 0.15) is 99.5 Å². The molecule has 0 radical (unpaired) electrons. The summed E-state index contributed by atoms with van der Waals surface area (Å²) >= 11 is 0. The SMILES string of the molecule is CC(C)(C)OC(=O)N1C2=C(C(C3CC3)N1C1CCN(C(=O)OC(C)(C)C)C(C)(C)C1)C1(CCNCC1)Oc1ccccc12. The summed E-state index contributed by atoms with van der Waals surface area (Å²) in [6, 6.07) is 8.20. The summed E-state index contributed by atoms with van der Waals surface area (Å²) in [7, 11) is 0. The lowest BCUT2D eigenvalue weighted by atomic mass is 9.76. The highest BCUT2D eigenvalue weighted by Gasteiger charge is 2.61. The number of rotatable bonds is 2. The molecule has 43 heavy (non-hydrogen) atoms. The average Bonchev–Trinajstić information content (AvgIpc) is 3.66. The third-order valence-electron chi connectivity index (χ3n) is 9.40. The van der Waals surface area contributed by atoms with Gasteiger partial charge in [0.05, 0.1) is 11.7 Å². The smallest absolute Gasteiger partial charge is 0.429 e. The molecule has 1 saturated carbocycles. The molecule has 4 aliphatic heterocycles. The van der Waals surface area contributed by atoms with Crippen molar-refractivity contribution in [2.24, 2.45) is 5.92 Å². The zero-order valence-corrected chi connectivity index (χ0v) is 27.3. The monoisotopic (exact) mass is 594 g/mol. The van der Waals surface area contributed by atoms with Crippen LogP contribution in [-0.4, -0.2) is 81.2 Å². The quantitative estimate of drug-likeness (QED) is 0.428. The number of carbonyl (C=O) groups is 2. The number of para-hydroxylation sites is 1. The van der Waals surface area contributed by atoms with Crippen LogP contribution >= 0.6 is 0 Å². The molecule has 1 aliphatic carbocycles. The highest BCUT2D eigenvalue weighted by molar-refractivity contribution is 5.89. The van der Waals surface area contributed by atoms with Gasteiger partial charge in [-0.3, -0.25) is 0 Å². The molecule has 1 spiro atoms. The van der Waals surface area contributed by atoms with Gasteiger partial charge in [-0.25, -0.2) is 19.6 Å². The Morgan fingerprint density at radius 1 is 0.930 bits per heavy atom.